The normalized spacial score (nSPS) is 21.6. The summed E-state index contributed by atoms with van der Waals surface area (Å²) in [6.07, 6.45) is 10.3. The fourth-order valence-electron chi connectivity index (χ4n) is 5.63. The molecule has 5 nitrogen and oxygen atoms in total. The summed E-state index contributed by atoms with van der Waals surface area (Å²) in [5.74, 6) is 2.12. The van der Waals surface area contributed by atoms with E-state index >= 15 is 0 Å². The minimum atomic E-state index is -0.0674. The molecule has 37 heavy (non-hydrogen) atoms. The number of nitrogens with one attached hydrogen (secondary N) is 1. The van der Waals surface area contributed by atoms with Crippen LogP contribution in [0.1, 0.15) is 79.0 Å². The molecule has 2 unspecified atom stereocenters. The number of nitrogens with zero attached hydrogens (tertiary/aromatic N) is 1. The van der Waals surface area contributed by atoms with Gasteiger partial charge in [0.25, 0.3) is 5.91 Å². The van der Waals surface area contributed by atoms with Crippen molar-refractivity contribution in [3.63, 3.8) is 0 Å². The summed E-state index contributed by atoms with van der Waals surface area (Å²) >= 11 is 6.59. The molecule has 196 valence electrons. The van der Waals surface area contributed by atoms with Crippen LogP contribution in [0.5, 0.6) is 5.75 Å². The van der Waals surface area contributed by atoms with Crippen LogP contribution in [0.4, 0.5) is 0 Å². The predicted octanol–water partition coefficient (Wildman–Crippen LogP) is 7.21. The summed E-state index contributed by atoms with van der Waals surface area (Å²) < 4.78 is 12.0. The fraction of sp³-hybridized carbons (Fsp3) is 0.452. The number of ether oxygens (including phenoxy) is 1. The van der Waals surface area contributed by atoms with E-state index in [0.29, 0.717) is 22.3 Å². The van der Waals surface area contributed by atoms with Gasteiger partial charge in [-0.3, -0.25) is 9.69 Å². The molecule has 2 heterocycles. The van der Waals surface area contributed by atoms with Crippen molar-refractivity contribution >= 4 is 17.5 Å². The highest BCUT2D eigenvalue weighted by molar-refractivity contribution is 6.32. The number of carbonyl (C=O) groups is 1. The third-order valence-electron chi connectivity index (χ3n) is 7.77. The molecule has 2 atom stereocenters. The Kier molecular flexibility index (Phi) is 8.85. The largest absolute Gasteiger partial charge is 0.489 e. The average molecular weight is 521 g/mol. The van der Waals surface area contributed by atoms with Crippen molar-refractivity contribution in [2.24, 2.45) is 0 Å². The van der Waals surface area contributed by atoms with Crippen LogP contribution >= 0.6 is 11.6 Å². The zero-order chi connectivity index (χ0) is 25.5. The zero-order valence-corrected chi connectivity index (χ0v) is 22.2. The summed E-state index contributed by atoms with van der Waals surface area (Å²) in [7, 11) is 0. The number of benzene rings is 2. The number of carbonyl (C=O) groups excluding carboxylic acids is 1. The molecule has 1 amide bonds. The van der Waals surface area contributed by atoms with Crippen LogP contribution in [-0.4, -0.2) is 36.0 Å². The first kappa shape index (κ1) is 25.9. The minimum Gasteiger partial charge on any atom is -0.489 e. The van der Waals surface area contributed by atoms with Crippen LogP contribution < -0.4 is 10.1 Å². The Morgan fingerprint density at radius 3 is 2.51 bits per heavy atom. The lowest BCUT2D eigenvalue weighted by molar-refractivity contribution is 0.0909. The van der Waals surface area contributed by atoms with E-state index in [1.54, 1.807) is 12.3 Å². The topological polar surface area (TPSA) is 54.7 Å². The number of rotatable bonds is 7. The van der Waals surface area contributed by atoms with Crippen molar-refractivity contribution in [3.8, 4) is 5.75 Å². The quantitative estimate of drug-likeness (QED) is 0.357. The number of halogens is 1. The van der Waals surface area contributed by atoms with E-state index in [2.05, 4.69) is 40.5 Å². The molecule has 2 fully saturated rings. The van der Waals surface area contributed by atoms with E-state index in [9.17, 15) is 4.79 Å². The van der Waals surface area contributed by atoms with Gasteiger partial charge in [-0.25, -0.2) is 0 Å². The minimum absolute atomic E-state index is 0.0674. The van der Waals surface area contributed by atoms with E-state index in [0.717, 1.165) is 70.3 Å². The highest BCUT2D eigenvalue weighted by atomic mass is 35.5. The molecule has 6 heteroatoms. The summed E-state index contributed by atoms with van der Waals surface area (Å²) in [6.45, 7) is 2.92. The third-order valence-corrected chi connectivity index (χ3v) is 8.07. The van der Waals surface area contributed by atoms with Gasteiger partial charge in [0.2, 0.25) is 0 Å². The molecule has 1 saturated carbocycles. The summed E-state index contributed by atoms with van der Waals surface area (Å²) in [4.78, 5) is 15.4. The van der Waals surface area contributed by atoms with Crippen molar-refractivity contribution < 1.29 is 13.9 Å². The predicted molar refractivity (Wildman–Crippen MR) is 147 cm³/mol. The maximum Gasteiger partial charge on any atom is 0.251 e. The van der Waals surface area contributed by atoms with Gasteiger partial charge in [-0.1, -0.05) is 48.4 Å². The van der Waals surface area contributed by atoms with Gasteiger partial charge in [-0.05, 0) is 80.8 Å². The Morgan fingerprint density at radius 1 is 0.946 bits per heavy atom. The van der Waals surface area contributed by atoms with Crippen molar-refractivity contribution in [3.05, 3.63) is 88.8 Å². The van der Waals surface area contributed by atoms with E-state index < -0.39 is 0 Å². The van der Waals surface area contributed by atoms with Crippen LogP contribution in [0.3, 0.4) is 0 Å². The maximum absolute atomic E-state index is 12.9. The monoisotopic (exact) mass is 520 g/mol. The van der Waals surface area contributed by atoms with Crippen molar-refractivity contribution in [1.82, 2.24) is 10.2 Å². The highest BCUT2D eigenvalue weighted by Gasteiger charge is 2.24. The van der Waals surface area contributed by atoms with Crippen LogP contribution in [0.15, 0.2) is 71.3 Å². The second-order valence-corrected chi connectivity index (χ2v) is 10.9. The molecule has 1 N–H and O–H groups in total. The first-order chi connectivity index (χ1) is 18.1. The number of likely N-dealkylation sites (tertiary alicyclic amines) is 1. The molecule has 3 aromatic rings. The van der Waals surface area contributed by atoms with Gasteiger partial charge in [0.1, 0.15) is 11.5 Å². The van der Waals surface area contributed by atoms with Gasteiger partial charge < -0.3 is 14.5 Å². The first-order valence-electron chi connectivity index (χ1n) is 13.7. The Bertz CT molecular complexity index is 1130. The average Bonchev–Trinajstić information content (AvgIpc) is 3.43. The maximum atomic E-state index is 12.9. The van der Waals surface area contributed by atoms with Crippen LogP contribution in [0.25, 0.3) is 0 Å². The molecule has 1 aliphatic carbocycles. The van der Waals surface area contributed by atoms with E-state index in [1.807, 2.05) is 24.3 Å². The standard InChI is InChI=1S/C31H37ClN2O3/c32-28-21-25(31(35)33-26-16-18-34(19-17-26)22-23-7-2-1-3-8-23)13-15-30(28)37-27-10-5-4-9-24(12-14-27)29-11-6-20-36-29/h1-3,6-8,11,13,15,20-21,24,26-27H,4-5,9-10,12,14,16-19,22H2,(H,33,35). The molecule has 0 radical (unpaired) electrons. The first-order valence-corrected chi connectivity index (χ1v) is 14.1. The number of hydrogen-bond acceptors (Lipinski definition) is 4. The Morgan fingerprint density at radius 2 is 1.76 bits per heavy atom. The molecule has 0 spiro atoms. The van der Waals surface area contributed by atoms with Crippen molar-refractivity contribution in [2.75, 3.05) is 13.1 Å². The van der Waals surface area contributed by atoms with E-state index in [4.69, 9.17) is 20.8 Å². The smallest absolute Gasteiger partial charge is 0.251 e. The lowest BCUT2D eigenvalue weighted by Crippen LogP contribution is -2.44. The zero-order valence-electron chi connectivity index (χ0n) is 21.4. The van der Waals surface area contributed by atoms with Gasteiger partial charge in [0.05, 0.1) is 17.4 Å². The number of furan rings is 1. The Hall–Kier alpha value is -2.76. The van der Waals surface area contributed by atoms with Crippen LogP contribution in [0, 0.1) is 0 Å². The van der Waals surface area contributed by atoms with Crippen molar-refractivity contribution in [1.29, 1.82) is 0 Å². The second-order valence-electron chi connectivity index (χ2n) is 10.5. The number of amides is 1. The summed E-state index contributed by atoms with van der Waals surface area (Å²) in [6, 6.07) is 20.2. The van der Waals surface area contributed by atoms with Crippen LogP contribution in [0.2, 0.25) is 5.02 Å². The van der Waals surface area contributed by atoms with Crippen LogP contribution in [-0.2, 0) is 6.54 Å². The molecule has 1 aromatic heterocycles. The van der Waals surface area contributed by atoms with E-state index in [-0.39, 0.29) is 18.1 Å². The van der Waals surface area contributed by atoms with Crippen molar-refractivity contribution in [2.45, 2.75) is 76.0 Å². The Labute approximate surface area is 225 Å². The SMILES string of the molecule is O=C(NC1CCN(Cc2ccccc2)CC1)c1ccc(OC2CCCCC(c3ccco3)CC2)c(Cl)c1. The third kappa shape index (κ3) is 7.18. The molecule has 1 aliphatic heterocycles. The number of hydrogen-bond donors (Lipinski definition) is 1. The molecule has 2 aliphatic rings. The Balaban J connectivity index is 1.11. The molecule has 0 bridgehead atoms. The molecular weight excluding hydrogens is 484 g/mol. The fourth-order valence-corrected chi connectivity index (χ4v) is 5.85. The van der Waals surface area contributed by atoms with Gasteiger partial charge in [-0.2, -0.15) is 0 Å². The van der Waals surface area contributed by atoms with Gasteiger partial charge >= 0.3 is 0 Å². The number of piperidine rings is 1. The molecular formula is C31H37ClN2O3. The lowest BCUT2D eigenvalue weighted by atomic mass is 9.88. The molecule has 2 aromatic carbocycles. The lowest BCUT2D eigenvalue weighted by Gasteiger charge is -2.32. The van der Waals surface area contributed by atoms with E-state index in [1.165, 1.54) is 12.0 Å². The van der Waals surface area contributed by atoms with Gasteiger partial charge in [0, 0.05) is 37.2 Å². The van der Waals surface area contributed by atoms with Gasteiger partial charge in [-0.15, -0.1) is 0 Å². The summed E-state index contributed by atoms with van der Waals surface area (Å²) in [5, 5.41) is 3.70. The second kappa shape index (κ2) is 12.7. The molecule has 5 rings (SSSR count). The summed E-state index contributed by atoms with van der Waals surface area (Å²) in [5.41, 5.74) is 1.92. The van der Waals surface area contributed by atoms with Gasteiger partial charge in [0.15, 0.2) is 0 Å². The highest BCUT2D eigenvalue weighted by Crippen LogP contribution is 2.34. The molecule has 1 saturated heterocycles.